The summed E-state index contributed by atoms with van der Waals surface area (Å²) in [6, 6.07) is 2.78. The van der Waals surface area contributed by atoms with Gasteiger partial charge in [0.05, 0.1) is 6.07 Å². The van der Waals surface area contributed by atoms with Crippen molar-refractivity contribution < 1.29 is 0 Å². The minimum Gasteiger partial charge on any atom is -0.313 e. The van der Waals surface area contributed by atoms with Gasteiger partial charge < -0.3 is 5.32 Å². The SMILES string of the molecule is CCC(C)C(C)NCC(C)(C)CCC#N. The standard InChI is InChI=1S/C13H26N2/c1-6-11(2)12(3)15-10-13(4,5)8-7-9-14/h11-12,15H,6-8,10H2,1-5H3. The van der Waals surface area contributed by atoms with E-state index in [2.05, 4.69) is 46.0 Å². The van der Waals surface area contributed by atoms with Gasteiger partial charge in [-0.05, 0) is 24.7 Å². The lowest BCUT2D eigenvalue weighted by Gasteiger charge is -2.28. The molecule has 0 aromatic heterocycles. The molecule has 0 aliphatic rings. The smallest absolute Gasteiger partial charge is 0.0621 e. The quantitative estimate of drug-likeness (QED) is 0.699. The monoisotopic (exact) mass is 210 g/mol. The van der Waals surface area contributed by atoms with Crippen LogP contribution < -0.4 is 5.32 Å². The van der Waals surface area contributed by atoms with Gasteiger partial charge in [0.25, 0.3) is 0 Å². The Morgan fingerprint density at radius 1 is 1.33 bits per heavy atom. The highest BCUT2D eigenvalue weighted by molar-refractivity contribution is 4.80. The first-order chi connectivity index (χ1) is 6.93. The first-order valence-electron chi connectivity index (χ1n) is 6.03. The van der Waals surface area contributed by atoms with Crippen LogP contribution in [-0.2, 0) is 0 Å². The van der Waals surface area contributed by atoms with E-state index >= 15 is 0 Å². The lowest BCUT2D eigenvalue weighted by atomic mass is 9.87. The molecule has 15 heavy (non-hydrogen) atoms. The van der Waals surface area contributed by atoms with Crippen molar-refractivity contribution in [3.05, 3.63) is 0 Å². The van der Waals surface area contributed by atoms with Gasteiger partial charge in [0.2, 0.25) is 0 Å². The molecule has 2 unspecified atom stereocenters. The zero-order valence-corrected chi connectivity index (χ0v) is 10.9. The molecular weight excluding hydrogens is 184 g/mol. The van der Waals surface area contributed by atoms with E-state index < -0.39 is 0 Å². The maximum absolute atomic E-state index is 8.56. The Labute approximate surface area is 95.1 Å². The van der Waals surface area contributed by atoms with Gasteiger partial charge in [-0.25, -0.2) is 0 Å². The van der Waals surface area contributed by atoms with Crippen LogP contribution in [0, 0.1) is 22.7 Å². The molecule has 0 rings (SSSR count). The molecule has 0 aromatic rings. The second-order valence-corrected chi connectivity index (χ2v) is 5.38. The molecular formula is C13H26N2. The highest BCUT2D eigenvalue weighted by Gasteiger charge is 2.19. The van der Waals surface area contributed by atoms with Crippen molar-refractivity contribution >= 4 is 0 Å². The van der Waals surface area contributed by atoms with Gasteiger partial charge >= 0.3 is 0 Å². The Morgan fingerprint density at radius 2 is 1.93 bits per heavy atom. The Balaban J connectivity index is 3.87. The molecule has 0 fully saturated rings. The fraction of sp³-hybridized carbons (Fsp3) is 0.923. The zero-order chi connectivity index (χ0) is 11.9. The van der Waals surface area contributed by atoms with E-state index in [0.29, 0.717) is 12.5 Å². The predicted molar refractivity (Wildman–Crippen MR) is 65.5 cm³/mol. The molecule has 0 bridgehead atoms. The molecule has 88 valence electrons. The molecule has 0 heterocycles. The number of nitrogens with zero attached hydrogens (tertiary/aromatic N) is 1. The van der Waals surface area contributed by atoms with Crippen molar-refractivity contribution in [3.8, 4) is 6.07 Å². The summed E-state index contributed by atoms with van der Waals surface area (Å²) in [6.07, 6.45) is 2.85. The van der Waals surface area contributed by atoms with Crippen molar-refractivity contribution in [3.63, 3.8) is 0 Å². The van der Waals surface area contributed by atoms with Crippen LogP contribution in [0.1, 0.15) is 53.9 Å². The summed E-state index contributed by atoms with van der Waals surface area (Å²) in [5.41, 5.74) is 0.234. The largest absolute Gasteiger partial charge is 0.313 e. The molecule has 2 nitrogen and oxygen atoms in total. The third kappa shape index (κ3) is 6.52. The lowest BCUT2D eigenvalue weighted by Crippen LogP contribution is -2.38. The minimum atomic E-state index is 0.234. The maximum atomic E-state index is 8.56. The number of nitrogens with one attached hydrogen (secondary N) is 1. The number of hydrogen-bond donors (Lipinski definition) is 1. The van der Waals surface area contributed by atoms with Crippen molar-refractivity contribution in [2.75, 3.05) is 6.54 Å². The molecule has 1 N–H and O–H groups in total. The fourth-order valence-electron chi connectivity index (χ4n) is 1.47. The van der Waals surface area contributed by atoms with Crippen LogP contribution in [0.5, 0.6) is 0 Å². The van der Waals surface area contributed by atoms with Crippen LogP contribution in [0.2, 0.25) is 0 Å². The van der Waals surface area contributed by atoms with Gasteiger partial charge in [0, 0.05) is 19.0 Å². The van der Waals surface area contributed by atoms with Gasteiger partial charge in [-0.15, -0.1) is 0 Å². The van der Waals surface area contributed by atoms with Crippen LogP contribution >= 0.6 is 0 Å². The molecule has 2 heteroatoms. The van der Waals surface area contributed by atoms with Crippen LogP contribution in [0.4, 0.5) is 0 Å². The van der Waals surface area contributed by atoms with Gasteiger partial charge in [-0.3, -0.25) is 0 Å². The van der Waals surface area contributed by atoms with E-state index in [-0.39, 0.29) is 5.41 Å². The second-order valence-electron chi connectivity index (χ2n) is 5.38. The molecule has 0 aliphatic carbocycles. The van der Waals surface area contributed by atoms with Gasteiger partial charge in [-0.2, -0.15) is 5.26 Å². The van der Waals surface area contributed by atoms with E-state index in [4.69, 9.17) is 5.26 Å². The molecule has 0 saturated heterocycles. The molecule has 2 atom stereocenters. The summed E-state index contributed by atoms with van der Waals surface area (Å²) in [4.78, 5) is 0. The van der Waals surface area contributed by atoms with Gasteiger partial charge in [-0.1, -0.05) is 34.1 Å². The summed E-state index contributed by atoms with van der Waals surface area (Å²) < 4.78 is 0. The Kier molecular flexibility index (Phi) is 6.60. The maximum Gasteiger partial charge on any atom is 0.0621 e. The molecule has 0 radical (unpaired) electrons. The van der Waals surface area contributed by atoms with Crippen LogP contribution in [-0.4, -0.2) is 12.6 Å². The van der Waals surface area contributed by atoms with Crippen molar-refractivity contribution in [2.45, 2.75) is 59.9 Å². The average molecular weight is 210 g/mol. The Morgan fingerprint density at radius 3 is 2.40 bits per heavy atom. The van der Waals surface area contributed by atoms with Crippen LogP contribution in [0.25, 0.3) is 0 Å². The van der Waals surface area contributed by atoms with Crippen molar-refractivity contribution in [1.82, 2.24) is 5.32 Å². The lowest BCUT2D eigenvalue weighted by molar-refractivity contribution is 0.278. The highest BCUT2D eigenvalue weighted by Crippen LogP contribution is 2.21. The molecule has 0 spiro atoms. The first-order valence-corrected chi connectivity index (χ1v) is 6.03. The summed E-state index contributed by atoms with van der Waals surface area (Å²) in [5.74, 6) is 0.719. The molecule has 0 amide bonds. The number of nitriles is 1. The minimum absolute atomic E-state index is 0.234. The third-order valence-corrected chi connectivity index (χ3v) is 3.31. The summed E-state index contributed by atoms with van der Waals surface area (Å²) in [6.45, 7) is 12.2. The molecule has 0 aromatic carbocycles. The highest BCUT2D eigenvalue weighted by atomic mass is 14.9. The normalized spacial score (nSPS) is 15.7. The van der Waals surface area contributed by atoms with E-state index in [1.165, 1.54) is 6.42 Å². The summed E-state index contributed by atoms with van der Waals surface area (Å²) in [7, 11) is 0. The van der Waals surface area contributed by atoms with E-state index in [9.17, 15) is 0 Å². The predicted octanol–water partition coefficient (Wildman–Crippen LogP) is 3.34. The zero-order valence-electron chi connectivity index (χ0n) is 10.9. The van der Waals surface area contributed by atoms with Crippen LogP contribution in [0.15, 0.2) is 0 Å². The first kappa shape index (κ1) is 14.5. The number of hydrogen-bond acceptors (Lipinski definition) is 2. The van der Waals surface area contributed by atoms with E-state index in [1.54, 1.807) is 0 Å². The Bertz CT molecular complexity index is 203. The van der Waals surface area contributed by atoms with Crippen molar-refractivity contribution in [1.29, 1.82) is 5.26 Å². The summed E-state index contributed by atoms with van der Waals surface area (Å²) >= 11 is 0. The molecule has 0 aliphatic heterocycles. The number of rotatable bonds is 7. The summed E-state index contributed by atoms with van der Waals surface area (Å²) in [5, 5.41) is 12.1. The van der Waals surface area contributed by atoms with E-state index in [1.807, 2.05) is 0 Å². The fourth-order valence-corrected chi connectivity index (χ4v) is 1.47. The van der Waals surface area contributed by atoms with Crippen LogP contribution in [0.3, 0.4) is 0 Å². The second kappa shape index (κ2) is 6.85. The van der Waals surface area contributed by atoms with Gasteiger partial charge in [0.1, 0.15) is 0 Å². The molecule has 0 saturated carbocycles. The van der Waals surface area contributed by atoms with Crippen molar-refractivity contribution in [2.24, 2.45) is 11.3 Å². The topological polar surface area (TPSA) is 35.8 Å². The van der Waals surface area contributed by atoms with Gasteiger partial charge in [0.15, 0.2) is 0 Å². The van der Waals surface area contributed by atoms with E-state index in [0.717, 1.165) is 18.9 Å². The average Bonchev–Trinajstić information content (AvgIpc) is 2.22. The Hall–Kier alpha value is -0.550. The third-order valence-electron chi connectivity index (χ3n) is 3.31.